The highest BCUT2D eigenvalue weighted by Crippen LogP contribution is 2.40. The first kappa shape index (κ1) is 34.8. The van der Waals surface area contributed by atoms with E-state index < -0.39 is 12.3 Å². The molecule has 1 aliphatic rings. The molecule has 0 radical (unpaired) electrons. The number of carbonyl (C=O) groups excluding carboxylic acids is 1. The number of hydrogen-bond acceptors (Lipinski definition) is 8. The zero-order valence-corrected chi connectivity index (χ0v) is 28.8. The second kappa shape index (κ2) is 17.0. The molecule has 0 unspecified atom stereocenters. The van der Waals surface area contributed by atoms with Gasteiger partial charge in [-0.15, -0.1) is 11.3 Å². The van der Waals surface area contributed by atoms with E-state index in [4.69, 9.17) is 19.6 Å². The van der Waals surface area contributed by atoms with Crippen LogP contribution in [0, 0.1) is 0 Å². The fraction of sp³-hybridized carbons (Fsp3) is 0.308. The molecule has 254 valence electrons. The first-order valence-electron chi connectivity index (χ1n) is 16.6. The van der Waals surface area contributed by atoms with Gasteiger partial charge in [0, 0.05) is 37.1 Å². The Morgan fingerprint density at radius 1 is 0.857 bits per heavy atom. The quantitative estimate of drug-likeness (QED) is 0.0738. The number of aliphatic carboxylic acids is 1. The predicted molar refractivity (Wildman–Crippen MR) is 193 cm³/mol. The smallest absolute Gasteiger partial charge is 0.303 e. The van der Waals surface area contributed by atoms with Crippen molar-refractivity contribution in [1.29, 1.82) is 0 Å². The van der Waals surface area contributed by atoms with Gasteiger partial charge in [-0.2, -0.15) is 0 Å². The zero-order valence-electron chi connectivity index (χ0n) is 27.1. The van der Waals surface area contributed by atoms with Gasteiger partial charge in [0.15, 0.2) is 10.6 Å². The number of aliphatic hydroxyl groups is 1. The lowest BCUT2D eigenvalue weighted by Crippen LogP contribution is -2.31. The lowest BCUT2D eigenvalue weighted by Gasteiger charge is -2.36. The Kier molecular flexibility index (Phi) is 12.1. The summed E-state index contributed by atoms with van der Waals surface area (Å²) in [5.74, 6) is -0.102. The number of aromatic nitrogens is 1. The molecule has 1 aliphatic heterocycles. The summed E-state index contributed by atoms with van der Waals surface area (Å²) in [4.78, 5) is 28.0. The molecule has 1 fully saturated rings. The third kappa shape index (κ3) is 9.55. The van der Waals surface area contributed by atoms with E-state index in [1.54, 1.807) is 23.1 Å². The van der Waals surface area contributed by atoms with E-state index in [1.165, 1.54) is 4.70 Å². The molecule has 1 aromatic heterocycles. The minimum absolute atomic E-state index is 0.00297. The van der Waals surface area contributed by atoms with E-state index in [2.05, 4.69) is 29.6 Å². The van der Waals surface area contributed by atoms with Gasteiger partial charge < -0.3 is 25.0 Å². The molecule has 49 heavy (non-hydrogen) atoms. The number of amides is 1. The van der Waals surface area contributed by atoms with Crippen molar-refractivity contribution in [2.24, 2.45) is 0 Å². The van der Waals surface area contributed by atoms with Gasteiger partial charge in [-0.3, -0.25) is 9.59 Å². The summed E-state index contributed by atoms with van der Waals surface area (Å²) in [5, 5.41) is 21.4. The van der Waals surface area contributed by atoms with Crippen molar-refractivity contribution >= 4 is 45.2 Å². The standard InChI is InChI=1S/C39H40N2O6S2/c42-24-26-14-16-28(17-15-26)34-22-31(25-48-39-41-33-10-6-7-11-35(33)49-39)46-38(47-34)29-20-18-27(19-21-29)32-9-5-4-8-30(32)23-40-36(43)12-2-1-3-13-37(44)45/h4-11,14-21,31,34,38,42H,1-3,12-13,22-25H2,(H,40,43)(H,44,45)/t31-,34+,38+/m1/s1. The maximum atomic E-state index is 12.5. The number of rotatable bonds is 15. The number of nitrogens with zero attached hydrogens (tertiary/aromatic N) is 1. The van der Waals surface area contributed by atoms with Crippen LogP contribution in [0.4, 0.5) is 0 Å². The SMILES string of the molecule is O=C(O)CCCCCC(=O)NCc1ccccc1-c1ccc([C@H]2O[C@@H](CSc3nc4ccccc4s3)C[C@@H](c3ccc(CO)cc3)O2)cc1. The van der Waals surface area contributed by atoms with Gasteiger partial charge in [0.25, 0.3) is 0 Å². The van der Waals surface area contributed by atoms with E-state index >= 15 is 0 Å². The second-order valence-electron chi connectivity index (χ2n) is 12.1. The van der Waals surface area contributed by atoms with Crippen molar-refractivity contribution in [3.8, 4) is 11.1 Å². The molecule has 10 heteroatoms. The number of unbranched alkanes of at least 4 members (excludes halogenated alkanes) is 2. The van der Waals surface area contributed by atoms with E-state index in [0.29, 0.717) is 32.2 Å². The highest BCUT2D eigenvalue weighted by Gasteiger charge is 2.32. The van der Waals surface area contributed by atoms with Crippen LogP contribution < -0.4 is 5.32 Å². The number of carboxylic acids is 1. The van der Waals surface area contributed by atoms with E-state index in [1.807, 2.05) is 72.8 Å². The summed E-state index contributed by atoms with van der Waals surface area (Å²) in [6.07, 6.45) is 2.39. The largest absolute Gasteiger partial charge is 0.481 e. The summed E-state index contributed by atoms with van der Waals surface area (Å²) in [6, 6.07) is 32.3. The van der Waals surface area contributed by atoms with Crippen molar-refractivity contribution in [3.05, 3.63) is 119 Å². The molecule has 1 amide bonds. The maximum Gasteiger partial charge on any atom is 0.303 e. The van der Waals surface area contributed by atoms with Gasteiger partial charge in [0.05, 0.1) is 29.0 Å². The molecule has 6 rings (SSSR count). The number of thioether (sulfide) groups is 1. The van der Waals surface area contributed by atoms with E-state index in [9.17, 15) is 14.7 Å². The Labute approximate surface area is 294 Å². The highest BCUT2D eigenvalue weighted by molar-refractivity contribution is 8.01. The van der Waals surface area contributed by atoms with Crippen molar-refractivity contribution in [2.45, 2.75) is 74.5 Å². The number of carbonyl (C=O) groups is 2. The number of para-hydroxylation sites is 1. The van der Waals surface area contributed by atoms with Crippen LogP contribution in [-0.4, -0.2) is 38.9 Å². The van der Waals surface area contributed by atoms with Crippen LogP contribution in [0.15, 0.2) is 101 Å². The number of ether oxygens (including phenoxy) is 2. The topological polar surface area (TPSA) is 118 Å². The fourth-order valence-electron chi connectivity index (χ4n) is 5.90. The first-order chi connectivity index (χ1) is 23.9. The minimum atomic E-state index is -0.804. The molecule has 0 bridgehead atoms. The van der Waals surface area contributed by atoms with Crippen molar-refractivity contribution in [3.63, 3.8) is 0 Å². The summed E-state index contributed by atoms with van der Waals surface area (Å²) >= 11 is 3.41. The lowest BCUT2D eigenvalue weighted by molar-refractivity contribution is -0.245. The van der Waals surface area contributed by atoms with Crippen molar-refractivity contribution in [1.82, 2.24) is 10.3 Å². The molecule has 8 nitrogen and oxygen atoms in total. The molecule has 2 heterocycles. The number of fused-ring (bicyclic) bond motifs is 1. The van der Waals surface area contributed by atoms with Crippen LogP contribution in [0.2, 0.25) is 0 Å². The van der Waals surface area contributed by atoms with Crippen molar-refractivity contribution in [2.75, 3.05) is 5.75 Å². The average Bonchev–Trinajstić information content (AvgIpc) is 3.56. The number of benzene rings is 4. The van der Waals surface area contributed by atoms with Gasteiger partial charge in [0.2, 0.25) is 5.91 Å². The van der Waals surface area contributed by atoms with Crippen LogP contribution >= 0.6 is 23.1 Å². The van der Waals surface area contributed by atoms with Crippen LogP contribution in [0.5, 0.6) is 0 Å². The number of aliphatic hydroxyl groups excluding tert-OH is 1. The van der Waals surface area contributed by atoms with Gasteiger partial charge >= 0.3 is 5.97 Å². The van der Waals surface area contributed by atoms with Gasteiger partial charge in [-0.25, -0.2) is 4.98 Å². The molecule has 3 atom stereocenters. The molecule has 5 aromatic rings. The Morgan fingerprint density at radius 2 is 1.59 bits per heavy atom. The number of thiazole rings is 1. The van der Waals surface area contributed by atoms with E-state index in [0.717, 1.165) is 55.4 Å². The Morgan fingerprint density at radius 3 is 2.37 bits per heavy atom. The molecule has 3 N–H and O–H groups in total. The maximum absolute atomic E-state index is 12.5. The summed E-state index contributed by atoms with van der Waals surface area (Å²) < 4.78 is 15.3. The Bertz CT molecular complexity index is 1810. The summed E-state index contributed by atoms with van der Waals surface area (Å²) in [5.41, 5.74) is 6.91. The molecular formula is C39H40N2O6S2. The third-order valence-electron chi connectivity index (χ3n) is 8.56. The molecular weight excluding hydrogens is 657 g/mol. The molecule has 0 saturated carbocycles. The lowest BCUT2D eigenvalue weighted by atomic mass is 9.97. The number of carboxylic acid groups (broad SMARTS) is 1. The number of hydrogen-bond donors (Lipinski definition) is 3. The Hall–Kier alpha value is -4.06. The third-order valence-corrected chi connectivity index (χ3v) is 10.9. The molecule has 0 spiro atoms. The summed E-state index contributed by atoms with van der Waals surface area (Å²) in [6.45, 7) is 0.405. The summed E-state index contributed by atoms with van der Waals surface area (Å²) in [7, 11) is 0. The fourth-order valence-corrected chi connectivity index (χ4v) is 8.01. The van der Waals surface area contributed by atoms with Crippen molar-refractivity contribution < 1.29 is 29.3 Å². The van der Waals surface area contributed by atoms with Gasteiger partial charge in [-0.1, -0.05) is 103 Å². The zero-order chi connectivity index (χ0) is 34.0. The average molecular weight is 697 g/mol. The molecule has 4 aromatic carbocycles. The van der Waals surface area contributed by atoms with Gasteiger partial charge in [-0.05, 0) is 52.8 Å². The van der Waals surface area contributed by atoms with Crippen LogP contribution in [0.25, 0.3) is 21.3 Å². The Balaban J connectivity index is 1.13. The number of nitrogens with one attached hydrogen (secondary N) is 1. The molecule has 0 aliphatic carbocycles. The normalized spacial score (nSPS) is 17.6. The van der Waals surface area contributed by atoms with Crippen LogP contribution in [-0.2, 0) is 32.2 Å². The molecule has 1 saturated heterocycles. The minimum Gasteiger partial charge on any atom is -0.481 e. The highest BCUT2D eigenvalue weighted by atomic mass is 32.2. The van der Waals surface area contributed by atoms with Gasteiger partial charge in [0.1, 0.15) is 0 Å². The van der Waals surface area contributed by atoms with Crippen LogP contribution in [0.3, 0.4) is 0 Å². The van der Waals surface area contributed by atoms with E-state index in [-0.39, 0.29) is 31.1 Å². The second-order valence-corrected chi connectivity index (χ2v) is 14.4. The predicted octanol–water partition coefficient (Wildman–Crippen LogP) is 8.44. The first-order valence-corrected chi connectivity index (χ1v) is 18.4. The van der Waals surface area contributed by atoms with Crippen LogP contribution in [0.1, 0.15) is 73.2 Å². The monoisotopic (exact) mass is 696 g/mol.